The van der Waals surface area contributed by atoms with Crippen LogP contribution in [0.4, 0.5) is 0 Å². The molecular weight excluding hydrogens is 158 g/mol. The van der Waals surface area contributed by atoms with Gasteiger partial charge >= 0.3 is 0 Å². The van der Waals surface area contributed by atoms with Gasteiger partial charge < -0.3 is 10.4 Å². The first-order valence-corrected chi connectivity index (χ1v) is 4.43. The summed E-state index contributed by atoms with van der Waals surface area (Å²) in [4.78, 5) is 0.839. The van der Waals surface area contributed by atoms with E-state index >= 15 is 0 Å². The van der Waals surface area contributed by atoms with Crippen LogP contribution in [0.2, 0.25) is 0 Å². The lowest BCUT2D eigenvalue weighted by molar-refractivity contribution is 0.252. The van der Waals surface area contributed by atoms with Crippen molar-refractivity contribution in [3.8, 4) is 0 Å². The summed E-state index contributed by atoms with van der Waals surface area (Å²) in [5.41, 5.74) is 0. The van der Waals surface area contributed by atoms with Gasteiger partial charge in [-0.3, -0.25) is 0 Å². The van der Waals surface area contributed by atoms with Crippen LogP contribution in [0.15, 0.2) is 0 Å². The van der Waals surface area contributed by atoms with Crippen molar-refractivity contribution in [2.75, 3.05) is 6.61 Å². The summed E-state index contributed by atoms with van der Waals surface area (Å²) >= 11 is 5.06. The molecule has 3 heteroatoms. The van der Waals surface area contributed by atoms with Gasteiger partial charge in [0.15, 0.2) is 0 Å². The zero-order valence-electron chi connectivity index (χ0n) is 7.42. The molecule has 2 nitrogen and oxygen atoms in total. The van der Waals surface area contributed by atoms with E-state index in [4.69, 9.17) is 17.3 Å². The summed E-state index contributed by atoms with van der Waals surface area (Å²) < 4.78 is 0. The first kappa shape index (κ1) is 10.8. The largest absolute Gasteiger partial charge is 0.394 e. The van der Waals surface area contributed by atoms with Crippen molar-refractivity contribution >= 4 is 17.2 Å². The van der Waals surface area contributed by atoms with E-state index in [0.29, 0.717) is 5.92 Å². The third kappa shape index (κ3) is 4.32. The fraction of sp³-hybridized carbons (Fsp3) is 0.875. The van der Waals surface area contributed by atoms with Crippen LogP contribution in [0.5, 0.6) is 0 Å². The SMILES string of the molecule is CC[C@@H](CO)NC(=S)C(C)C. The quantitative estimate of drug-likeness (QED) is 0.632. The molecule has 0 radical (unpaired) electrons. The first-order chi connectivity index (χ1) is 5.11. The van der Waals surface area contributed by atoms with Gasteiger partial charge in [0.1, 0.15) is 0 Å². The lowest BCUT2D eigenvalue weighted by atomic mass is 10.2. The molecule has 0 aliphatic carbocycles. The highest BCUT2D eigenvalue weighted by atomic mass is 32.1. The Balaban J connectivity index is 3.72. The highest BCUT2D eigenvalue weighted by molar-refractivity contribution is 7.80. The fourth-order valence-corrected chi connectivity index (χ4v) is 0.811. The maximum absolute atomic E-state index is 8.83. The zero-order valence-corrected chi connectivity index (χ0v) is 8.24. The number of aliphatic hydroxyl groups is 1. The molecule has 0 bridgehead atoms. The van der Waals surface area contributed by atoms with Gasteiger partial charge in [0.2, 0.25) is 0 Å². The van der Waals surface area contributed by atoms with Gasteiger partial charge in [-0.05, 0) is 6.42 Å². The molecule has 0 aliphatic heterocycles. The summed E-state index contributed by atoms with van der Waals surface area (Å²) in [7, 11) is 0. The predicted molar refractivity (Wildman–Crippen MR) is 51.7 cm³/mol. The van der Waals surface area contributed by atoms with E-state index in [2.05, 4.69) is 5.32 Å². The van der Waals surface area contributed by atoms with Gasteiger partial charge in [0.05, 0.1) is 11.6 Å². The molecule has 0 heterocycles. The molecule has 0 saturated heterocycles. The monoisotopic (exact) mass is 175 g/mol. The third-order valence-corrected chi connectivity index (χ3v) is 2.17. The Bertz CT molecular complexity index is 121. The van der Waals surface area contributed by atoms with Crippen LogP contribution in [0.3, 0.4) is 0 Å². The second-order valence-electron chi connectivity index (χ2n) is 2.95. The molecule has 0 aromatic carbocycles. The highest BCUT2D eigenvalue weighted by Crippen LogP contribution is 1.97. The Labute approximate surface area is 74.0 Å². The van der Waals surface area contributed by atoms with E-state index in [1.165, 1.54) is 0 Å². The molecule has 0 rings (SSSR count). The van der Waals surface area contributed by atoms with Crippen LogP contribution in [-0.4, -0.2) is 22.7 Å². The Morgan fingerprint density at radius 2 is 2.09 bits per heavy atom. The number of nitrogens with one attached hydrogen (secondary N) is 1. The second-order valence-corrected chi connectivity index (χ2v) is 3.39. The number of aliphatic hydroxyl groups excluding tert-OH is 1. The predicted octanol–water partition coefficient (Wildman–Crippen LogP) is 1.33. The Hall–Kier alpha value is -0.150. The fourth-order valence-electron chi connectivity index (χ4n) is 0.645. The molecule has 2 N–H and O–H groups in total. The van der Waals surface area contributed by atoms with Crippen molar-refractivity contribution in [3.63, 3.8) is 0 Å². The summed E-state index contributed by atoms with van der Waals surface area (Å²) in [5.74, 6) is 0.366. The number of hydrogen-bond acceptors (Lipinski definition) is 2. The van der Waals surface area contributed by atoms with E-state index in [1.54, 1.807) is 0 Å². The van der Waals surface area contributed by atoms with Crippen LogP contribution in [-0.2, 0) is 0 Å². The Morgan fingerprint density at radius 1 is 1.55 bits per heavy atom. The summed E-state index contributed by atoms with van der Waals surface area (Å²) in [5, 5.41) is 11.9. The molecular formula is C8H17NOS. The van der Waals surface area contributed by atoms with Crippen molar-refractivity contribution in [2.45, 2.75) is 33.2 Å². The van der Waals surface area contributed by atoms with Crippen molar-refractivity contribution in [2.24, 2.45) is 5.92 Å². The molecule has 1 atom stereocenters. The van der Waals surface area contributed by atoms with Crippen LogP contribution in [0.1, 0.15) is 27.2 Å². The molecule has 0 aliphatic rings. The summed E-state index contributed by atoms with van der Waals surface area (Å²) in [6.07, 6.45) is 0.906. The molecule has 0 aromatic heterocycles. The van der Waals surface area contributed by atoms with Crippen LogP contribution in [0.25, 0.3) is 0 Å². The molecule has 0 spiro atoms. The molecule has 66 valence electrons. The van der Waals surface area contributed by atoms with Crippen molar-refractivity contribution in [1.29, 1.82) is 0 Å². The van der Waals surface area contributed by atoms with Crippen LogP contribution in [0, 0.1) is 5.92 Å². The van der Waals surface area contributed by atoms with Gasteiger partial charge in [-0.2, -0.15) is 0 Å². The summed E-state index contributed by atoms with van der Waals surface area (Å²) in [6, 6.07) is 0.130. The molecule has 11 heavy (non-hydrogen) atoms. The minimum absolute atomic E-state index is 0.130. The molecule has 0 unspecified atom stereocenters. The average Bonchev–Trinajstić information content (AvgIpc) is 1.99. The lowest BCUT2D eigenvalue weighted by Gasteiger charge is -2.17. The average molecular weight is 175 g/mol. The van der Waals surface area contributed by atoms with Gasteiger partial charge in [0, 0.05) is 12.0 Å². The van der Waals surface area contributed by atoms with Gasteiger partial charge in [-0.15, -0.1) is 0 Å². The number of thiocarbonyl (C=S) groups is 1. The van der Waals surface area contributed by atoms with Crippen molar-refractivity contribution in [3.05, 3.63) is 0 Å². The van der Waals surface area contributed by atoms with E-state index in [-0.39, 0.29) is 12.6 Å². The highest BCUT2D eigenvalue weighted by Gasteiger charge is 2.07. The Morgan fingerprint density at radius 3 is 2.36 bits per heavy atom. The zero-order chi connectivity index (χ0) is 8.85. The smallest absolute Gasteiger partial charge is 0.0782 e. The van der Waals surface area contributed by atoms with E-state index < -0.39 is 0 Å². The molecule has 0 fully saturated rings. The topological polar surface area (TPSA) is 32.3 Å². The van der Waals surface area contributed by atoms with Crippen LogP contribution >= 0.6 is 12.2 Å². The maximum Gasteiger partial charge on any atom is 0.0782 e. The van der Waals surface area contributed by atoms with Crippen molar-refractivity contribution in [1.82, 2.24) is 5.32 Å². The first-order valence-electron chi connectivity index (χ1n) is 4.03. The van der Waals surface area contributed by atoms with Gasteiger partial charge in [0.25, 0.3) is 0 Å². The number of rotatable bonds is 4. The van der Waals surface area contributed by atoms with E-state index in [9.17, 15) is 0 Å². The lowest BCUT2D eigenvalue weighted by Crippen LogP contribution is -2.38. The minimum Gasteiger partial charge on any atom is -0.394 e. The molecule has 0 amide bonds. The van der Waals surface area contributed by atoms with Gasteiger partial charge in [-0.1, -0.05) is 33.0 Å². The third-order valence-electron chi connectivity index (χ3n) is 1.58. The molecule has 0 aromatic rings. The number of hydrogen-bond donors (Lipinski definition) is 2. The van der Waals surface area contributed by atoms with Gasteiger partial charge in [-0.25, -0.2) is 0 Å². The Kier molecular flexibility index (Phi) is 5.42. The maximum atomic E-state index is 8.83. The van der Waals surface area contributed by atoms with E-state index in [1.807, 2.05) is 20.8 Å². The normalized spacial score (nSPS) is 13.2. The van der Waals surface area contributed by atoms with Crippen molar-refractivity contribution < 1.29 is 5.11 Å². The second kappa shape index (κ2) is 5.49. The summed E-state index contributed by atoms with van der Waals surface area (Å²) in [6.45, 7) is 6.26. The van der Waals surface area contributed by atoms with E-state index in [0.717, 1.165) is 11.4 Å². The van der Waals surface area contributed by atoms with Crippen LogP contribution < -0.4 is 5.32 Å². The minimum atomic E-state index is 0.130. The molecule has 0 saturated carbocycles. The standard InChI is InChI=1S/C8H17NOS/c1-4-7(5-10)9-8(11)6(2)3/h6-7,10H,4-5H2,1-3H3,(H,9,11)/t7-/m0/s1.